The van der Waals surface area contributed by atoms with Crippen molar-refractivity contribution < 1.29 is 0 Å². The molecule has 3 aromatic rings. The maximum absolute atomic E-state index is 5.54. The molecule has 0 unspecified atom stereocenters. The Labute approximate surface area is 104 Å². The van der Waals surface area contributed by atoms with Crippen molar-refractivity contribution in [3.8, 4) is 11.3 Å². The molecule has 88 valence electrons. The van der Waals surface area contributed by atoms with Crippen molar-refractivity contribution in [1.82, 2.24) is 20.2 Å². The lowest BCUT2D eigenvalue weighted by Crippen LogP contribution is -1.99. The molecule has 0 aliphatic carbocycles. The number of anilines is 1. The van der Waals surface area contributed by atoms with Gasteiger partial charge in [0.15, 0.2) is 0 Å². The maximum atomic E-state index is 5.54. The van der Waals surface area contributed by atoms with Crippen LogP contribution in [0.5, 0.6) is 0 Å². The number of aromatic nitrogens is 4. The van der Waals surface area contributed by atoms with Gasteiger partial charge >= 0.3 is 0 Å². The van der Waals surface area contributed by atoms with Crippen LogP contribution >= 0.6 is 0 Å². The van der Waals surface area contributed by atoms with E-state index in [1.54, 1.807) is 6.20 Å². The zero-order valence-corrected chi connectivity index (χ0v) is 9.83. The van der Waals surface area contributed by atoms with Crippen LogP contribution in [0.2, 0.25) is 0 Å². The third-order valence-electron chi connectivity index (χ3n) is 2.73. The lowest BCUT2D eigenvalue weighted by atomic mass is 10.1. The Kier molecular flexibility index (Phi) is 2.37. The topological polar surface area (TPSA) is 77.6 Å². The van der Waals surface area contributed by atoms with Crippen molar-refractivity contribution >= 4 is 17.0 Å². The molecule has 5 heteroatoms. The summed E-state index contributed by atoms with van der Waals surface area (Å²) in [5.41, 5.74) is 9.97. The van der Waals surface area contributed by atoms with E-state index >= 15 is 0 Å². The maximum Gasteiger partial charge on any atom is 0.240 e. The predicted molar refractivity (Wildman–Crippen MR) is 69.7 cm³/mol. The van der Waals surface area contributed by atoms with Gasteiger partial charge in [0, 0.05) is 11.8 Å². The van der Waals surface area contributed by atoms with Gasteiger partial charge < -0.3 is 5.73 Å². The fourth-order valence-electron chi connectivity index (χ4n) is 1.91. The highest BCUT2D eigenvalue weighted by molar-refractivity contribution is 5.83. The Bertz CT molecular complexity index is 709. The molecule has 0 saturated carbocycles. The van der Waals surface area contributed by atoms with E-state index < -0.39 is 0 Å². The van der Waals surface area contributed by atoms with Crippen molar-refractivity contribution in [2.45, 2.75) is 6.92 Å². The Morgan fingerprint density at radius 1 is 1.11 bits per heavy atom. The number of hydrogen-bond donors (Lipinski definition) is 1. The van der Waals surface area contributed by atoms with Gasteiger partial charge in [0.05, 0.1) is 11.2 Å². The molecule has 0 fully saturated rings. The van der Waals surface area contributed by atoms with E-state index in [1.807, 2.05) is 37.3 Å². The molecule has 0 radical (unpaired) electrons. The predicted octanol–water partition coefficient (Wildman–Crippen LogP) is 1.98. The molecule has 2 aromatic heterocycles. The third-order valence-corrected chi connectivity index (χ3v) is 2.73. The zero-order chi connectivity index (χ0) is 12.5. The van der Waals surface area contributed by atoms with Crippen molar-refractivity contribution in [2.75, 3.05) is 5.73 Å². The van der Waals surface area contributed by atoms with Gasteiger partial charge in [0.2, 0.25) is 5.95 Å². The number of pyridine rings is 1. The first kappa shape index (κ1) is 10.6. The second-order valence-electron chi connectivity index (χ2n) is 4.05. The summed E-state index contributed by atoms with van der Waals surface area (Å²) in [7, 11) is 0. The number of hydrogen-bond acceptors (Lipinski definition) is 5. The molecule has 2 N–H and O–H groups in total. The summed E-state index contributed by atoms with van der Waals surface area (Å²) in [6.45, 7) is 1.98. The minimum absolute atomic E-state index is 0.191. The Hall–Kier alpha value is -2.56. The number of aryl methyl sites for hydroxylation is 1. The van der Waals surface area contributed by atoms with E-state index in [2.05, 4.69) is 20.2 Å². The zero-order valence-electron chi connectivity index (χ0n) is 9.83. The van der Waals surface area contributed by atoms with Crippen molar-refractivity contribution in [2.24, 2.45) is 0 Å². The first-order valence-electron chi connectivity index (χ1n) is 5.56. The number of nitrogens with two attached hydrogens (primary N) is 1. The van der Waals surface area contributed by atoms with E-state index in [0.29, 0.717) is 0 Å². The summed E-state index contributed by atoms with van der Waals surface area (Å²) in [6, 6.07) is 9.75. The highest BCUT2D eigenvalue weighted by Gasteiger charge is 2.07. The largest absolute Gasteiger partial charge is 0.366 e. The van der Waals surface area contributed by atoms with E-state index in [1.165, 1.54) is 0 Å². The highest BCUT2D eigenvalue weighted by atomic mass is 15.2. The van der Waals surface area contributed by atoms with Crippen molar-refractivity contribution in [1.29, 1.82) is 0 Å². The van der Waals surface area contributed by atoms with Gasteiger partial charge in [-0.05, 0) is 36.8 Å². The van der Waals surface area contributed by atoms with E-state index in [0.717, 1.165) is 27.9 Å². The standard InChI is InChI=1S/C13H11N5/c1-8-6-9(10-4-2-3-5-15-10)7-11-12(8)16-13(14)18-17-11/h2-7H,1H3,(H2,14,16,18). The van der Waals surface area contributed by atoms with Gasteiger partial charge in [-0.3, -0.25) is 4.98 Å². The summed E-state index contributed by atoms with van der Waals surface area (Å²) in [4.78, 5) is 8.51. The molecule has 0 aliphatic heterocycles. The molecule has 0 bridgehead atoms. The van der Waals surface area contributed by atoms with Gasteiger partial charge in [0.25, 0.3) is 0 Å². The molecular formula is C13H11N5. The molecule has 18 heavy (non-hydrogen) atoms. The Balaban J connectivity index is 2.25. The fourth-order valence-corrected chi connectivity index (χ4v) is 1.91. The van der Waals surface area contributed by atoms with Gasteiger partial charge in [0.1, 0.15) is 5.52 Å². The van der Waals surface area contributed by atoms with Crippen LogP contribution < -0.4 is 5.73 Å². The fraction of sp³-hybridized carbons (Fsp3) is 0.0769. The van der Waals surface area contributed by atoms with Crippen molar-refractivity contribution in [3.63, 3.8) is 0 Å². The minimum Gasteiger partial charge on any atom is -0.366 e. The average molecular weight is 237 g/mol. The third kappa shape index (κ3) is 1.75. The summed E-state index contributed by atoms with van der Waals surface area (Å²) >= 11 is 0. The van der Waals surface area contributed by atoms with Gasteiger partial charge in [-0.25, -0.2) is 4.98 Å². The van der Waals surface area contributed by atoms with Crippen LogP contribution in [0.25, 0.3) is 22.3 Å². The van der Waals surface area contributed by atoms with E-state index in [4.69, 9.17) is 5.73 Å². The first-order valence-corrected chi connectivity index (χ1v) is 5.56. The summed E-state index contributed by atoms with van der Waals surface area (Å²) in [6.07, 6.45) is 1.77. The van der Waals surface area contributed by atoms with E-state index in [9.17, 15) is 0 Å². The second kappa shape index (κ2) is 4.03. The summed E-state index contributed by atoms with van der Waals surface area (Å²) < 4.78 is 0. The van der Waals surface area contributed by atoms with E-state index in [-0.39, 0.29) is 5.95 Å². The van der Waals surface area contributed by atoms with Crippen LogP contribution in [0.3, 0.4) is 0 Å². The smallest absolute Gasteiger partial charge is 0.240 e. The number of nitrogens with zero attached hydrogens (tertiary/aromatic N) is 4. The molecule has 0 amide bonds. The number of nitrogen functional groups attached to an aromatic ring is 1. The number of rotatable bonds is 1. The molecule has 2 heterocycles. The summed E-state index contributed by atoms with van der Waals surface area (Å²) in [5.74, 6) is 0.191. The van der Waals surface area contributed by atoms with Gasteiger partial charge in [-0.1, -0.05) is 6.07 Å². The normalized spacial score (nSPS) is 10.7. The van der Waals surface area contributed by atoms with Crippen LogP contribution in [-0.2, 0) is 0 Å². The lowest BCUT2D eigenvalue weighted by Gasteiger charge is -2.05. The van der Waals surface area contributed by atoms with Crippen LogP contribution in [0.1, 0.15) is 5.56 Å². The molecule has 0 atom stereocenters. The molecule has 0 spiro atoms. The number of benzene rings is 1. The van der Waals surface area contributed by atoms with Crippen molar-refractivity contribution in [3.05, 3.63) is 42.1 Å². The Morgan fingerprint density at radius 2 is 2.00 bits per heavy atom. The molecule has 0 aliphatic rings. The highest BCUT2D eigenvalue weighted by Crippen LogP contribution is 2.23. The van der Waals surface area contributed by atoms with Crippen LogP contribution in [0, 0.1) is 6.92 Å². The van der Waals surface area contributed by atoms with Gasteiger partial charge in [-0.2, -0.15) is 0 Å². The quantitative estimate of drug-likeness (QED) is 0.700. The monoisotopic (exact) mass is 237 g/mol. The second-order valence-corrected chi connectivity index (χ2v) is 4.05. The molecule has 1 aromatic carbocycles. The molecule has 5 nitrogen and oxygen atoms in total. The Morgan fingerprint density at radius 3 is 2.78 bits per heavy atom. The van der Waals surface area contributed by atoms with Crippen LogP contribution in [-0.4, -0.2) is 20.2 Å². The lowest BCUT2D eigenvalue weighted by molar-refractivity contribution is 1.04. The molecular weight excluding hydrogens is 226 g/mol. The van der Waals surface area contributed by atoms with Crippen LogP contribution in [0.15, 0.2) is 36.5 Å². The SMILES string of the molecule is Cc1cc(-c2ccccn2)cc2nnc(N)nc12. The van der Waals surface area contributed by atoms with Crippen LogP contribution in [0.4, 0.5) is 5.95 Å². The summed E-state index contributed by atoms with van der Waals surface area (Å²) in [5, 5.41) is 7.84. The number of fused-ring (bicyclic) bond motifs is 1. The average Bonchev–Trinajstić information content (AvgIpc) is 2.40. The molecule has 3 rings (SSSR count). The first-order chi connectivity index (χ1) is 8.74. The molecule has 0 saturated heterocycles. The van der Waals surface area contributed by atoms with Gasteiger partial charge in [-0.15, -0.1) is 10.2 Å². The minimum atomic E-state index is 0.191.